The molecule has 0 N–H and O–H groups in total. The number of hydrogen-bond donors (Lipinski definition) is 0. The molecule has 3 aromatic carbocycles. The molecule has 5 heteroatoms. The Bertz CT molecular complexity index is 1000. The van der Waals surface area contributed by atoms with Gasteiger partial charge in [0.1, 0.15) is 12.4 Å². The molecular formula is C22H18Br2ClNO. The van der Waals surface area contributed by atoms with E-state index in [1.807, 2.05) is 48.7 Å². The smallest absolute Gasteiger partial charge is 0.142 e. The molecule has 0 heterocycles. The normalized spacial score (nSPS) is 11.1. The molecule has 0 amide bonds. The lowest BCUT2D eigenvalue weighted by atomic mass is 10.1. The highest BCUT2D eigenvalue weighted by atomic mass is 79.9. The first-order valence-electron chi connectivity index (χ1n) is 8.40. The van der Waals surface area contributed by atoms with Gasteiger partial charge in [0, 0.05) is 21.3 Å². The molecule has 3 rings (SSSR count). The number of halogens is 3. The maximum Gasteiger partial charge on any atom is 0.142 e. The zero-order valence-corrected chi connectivity index (χ0v) is 18.9. The van der Waals surface area contributed by atoms with Crippen LogP contribution >= 0.6 is 43.5 Å². The van der Waals surface area contributed by atoms with Gasteiger partial charge in [-0.05, 0) is 82.9 Å². The standard InChI is InChI=1S/C22H18Br2ClNO/c1-14-6-7-20(8-15(14)2)26-12-17-10-18(23)11-21(24)22(17)27-13-16-4-3-5-19(25)9-16/h3-12H,13H2,1-2H3. The number of rotatable bonds is 5. The molecule has 2 nitrogen and oxygen atoms in total. The summed E-state index contributed by atoms with van der Waals surface area (Å²) in [5.74, 6) is 0.741. The van der Waals surface area contributed by atoms with Crippen LogP contribution in [-0.4, -0.2) is 6.21 Å². The Kier molecular flexibility index (Phi) is 6.74. The summed E-state index contributed by atoms with van der Waals surface area (Å²) in [6.07, 6.45) is 1.83. The van der Waals surface area contributed by atoms with E-state index in [1.54, 1.807) is 0 Å². The monoisotopic (exact) mass is 505 g/mol. The third-order valence-electron chi connectivity index (χ3n) is 4.15. The van der Waals surface area contributed by atoms with Crippen LogP contribution in [0.3, 0.4) is 0 Å². The van der Waals surface area contributed by atoms with Crippen LogP contribution in [0.1, 0.15) is 22.3 Å². The molecule has 0 atom stereocenters. The van der Waals surface area contributed by atoms with Gasteiger partial charge in [-0.15, -0.1) is 0 Å². The van der Waals surface area contributed by atoms with Gasteiger partial charge in [-0.1, -0.05) is 45.7 Å². The predicted octanol–water partition coefficient (Wildman–Crippen LogP) is 7.81. The number of nitrogens with zero attached hydrogens (tertiary/aromatic N) is 1. The summed E-state index contributed by atoms with van der Waals surface area (Å²) in [5, 5.41) is 0.697. The maximum atomic E-state index is 6.08. The van der Waals surface area contributed by atoms with Gasteiger partial charge in [0.15, 0.2) is 0 Å². The van der Waals surface area contributed by atoms with Gasteiger partial charge in [0.2, 0.25) is 0 Å². The second-order valence-corrected chi connectivity index (χ2v) is 8.46. The molecule has 0 aromatic heterocycles. The van der Waals surface area contributed by atoms with Crippen molar-refractivity contribution in [1.29, 1.82) is 0 Å². The first-order chi connectivity index (χ1) is 12.9. The first-order valence-corrected chi connectivity index (χ1v) is 10.4. The quantitative estimate of drug-likeness (QED) is 0.323. The largest absolute Gasteiger partial charge is 0.487 e. The molecule has 0 saturated carbocycles. The van der Waals surface area contributed by atoms with Crippen LogP contribution in [0.5, 0.6) is 5.75 Å². The van der Waals surface area contributed by atoms with Crippen molar-refractivity contribution in [3.05, 3.63) is 90.8 Å². The average molecular weight is 508 g/mol. The van der Waals surface area contributed by atoms with Gasteiger partial charge in [0.25, 0.3) is 0 Å². The van der Waals surface area contributed by atoms with Crippen molar-refractivity contribution in [2.75, 3.05) is 0 Å². The highest BCUT2D eigenvalue weighted by molar-refractivity contribution is 9.11. The molecule has 0 aliphatic rings. The summed E-state index contributed by atoms with van der Waals surface area (Å²) in [7, 11) is 0. The van der Waals surface area contributed by atoms with Crippen LogP contribution in [0.15, 0.2) is 68.5 Å². The van der Waals surface area contributed by atoms with Gasteiger partial charge >= 0.3 is 0 Å². The van der Waals surface area contributed by atoms with Crippen LogP contribution in [-0.2, 0) is 6.61 Å². The van der Waals surface area contributed by atoms with Gasteiger partial charge in [-0.2, -0.15) is 0 Å². The summed E-state index contributed by atoms with van der Waals surface area (Å²) in [6.45, 7) is 4.60. The molecule has 0 aliphatic heterocycles. The van der Waals surface area contributed by atoms with Crippen LogP contribution in [0.4, 0.5) is 5.69 Å². The molecule has 0 unspecified atom stereocenters. The van der Waals surface area contributed by atoms with E-state index in [-0.39, 0.29) is 0 Å². The number of aryl methyl sites for hydroxylation is 2. The molecule has 0 bridgehead atoms. The summed E-state index contributed by atoms with van der Waals surface area (Å²) >= 11 is 13.2. The van der Waals surface area contributed by atoms with Crippen LogP contribution in [0.2, 0.25) is 5.02 Å². The fourth-order valence-corrected chi connectivity index (χ4v) is 4.15. The lowest BCUT2D eigenvalue weighted by Gasteiger charge is -2.12. The van der Waals surface area contributed by atoms with Gasteiger partial charge in [0.05, 0.1) is 10.2 Å². The maximum absolute atomic E-state index is 6.08. The van der Waals surface area contributed by atoms with Crippen molar-refractivity contribution < 1.29 is 4.74 Å². The fourth-order valence-electron chi connectivity index (χ4n) is 2.56. The molecular weight excluding hydrogens is 490 g/mol. The van der Waals surface area contributed by atoms with E-state index in [4.69, 9.17) is 16.3 Å². The van der Waals surface area contributed by atoms with Crippen molar-refractivity contribution in [2.24, 2.45) is 4.99 Å². The van der Waals surface area contributed by atoms with Gasteiger partial charge in [-0.25, -0.2) is 0 Å². The highest BCUT2D eigenvalue weighted by Gasteiger charge is 2.10. The van der Waals surface area contributed by atoms with E-state index in [1.165, 1.54) is 11.1 Å². The topological polar surface area (TPSA) is 21.6 Å². The van der Waals surface area contributed by atoms with E-state index in [2.05, 4.69) is 62.8 Å². The Hall–Kier alpha value is -1.62. The minimum absolute atomic E-state index is 0.422. The first kappa shape index (κ1) is 20.1. The van der Waals surface area contributed by atoms with Crippen LogP contribution in [0, 0.1) is 13.8 Å². The third-order valence-corrected chi connectivity index (χ3v) is 5.43. The summed E-state index contributed by atoms with van der Waals surface area (Å²) < 4.78 is 7.89. The Morgan fingerprint density at radius 3 is 2.56 bits per heavy atom. The highest BCUT2D eigenvalue weighted by Crippen LogP contribution is 2.33. The molecule has 3 aromatic rings. The van der Waals surface area contributed by atoms with Gasteiger partial charge < -0.3 is 4.74 Å². The number of aliphatic imine (C=N–C) groups is 1. The van der Waals surface area contributed by atoms with Crippen LogP contribution in [0.25, 0.3) is 0 Å². The number of hydrogen-bond acceptors (Lipinski definition) is 2. The van der Waals surface area contributed by atoms with E-state index >= 15 is 0 Å². The molecule has 0 spiro atoms. The second kappa shape index (κ2) is 9.05. The lowest BCUT2D eigenvalue weighted by Crippen LogP contribution is -1.99. The zero-order chi connectivity index (χ0) is 19.4. The fraction of sp³-hybridized carbons (Fsp3) is 0.136. The lowest BCUT2D eigenvalue weighted by molar-refractivity contribution is 0.304. The molecule has 0 radical (unpaired) electrons. The Morgan fingerprint density at radius 1 is 1.00 bits per heavy atom. The van der Waals surface area contributed by atoms with E-state index in [0.29, 0.717) is 11.6 Å². The number of ether oxygens (including phenoxy) is 1. The summed E-state index contributed by atoms with van der Waals surface area (Å²) in [4.78, 5) is 4.62. The van der Waals surface area contributed by atoms with Crippen molar-refractivity contribution in [2.45, 2.75) is 20.5 Å². The molecule has 138 valence electrons. The van der Waals surface area contributed by atoms with E-state index in [0.717, 1.165) is 31.5 Å². The van der Waals surface area contributed by atoms with Crippen molar-refractivity contribution in [1.82, 2.24) is 0 Å². The summed E-state index contributed by atoms with van der Waals surface area (Å²) in [6, 6.07) is 17.8. The average Bonchev–Trinajstić information content (AvgIpc) is 2.62. The van der Waals surface area contributed by atoms with Crippen molar-refractivity contribution in [3.8, 4) is 5.75 Å². The predicted molar refractivity (Wildman–Crippen MR) is 121 cm³/mol. The SMILES string of the molecule is Cc1ccc(N=Cc2cc(Br)cc(Br)c2OCc2cccc(Cl)c2)cc1C. The Labute approximate surface area is 181 Å². The molecule has 0 aliphatic carbocycles. The number of benzene rings is 3. The van der Waals surface area contributed by atoms with Crippen molar-refractivity contribution >= 4 is 55.4 Å². The summed E-state index contributed by atoms with van der Waals surface area (Å²) in [5.41, 5.74) is 5.28. The molecule has 0 fully saturated rings. The Morgan fingerprint density at radius 2 is 1.81 bits per heavy atom. The van der Waals surface area contributed by atoms with Crippen molar-refractivity contribution in [3.63, 3.8) is 0 Å². The second-order valence-electron chi connectivity index (χ2n) is 6.25. The van der Waals surface area contributed by atoms with E-state index < -0.39 is 0 Å². The van der Waals surface area contributed by atoms with E-state index in [9.17, 15) is 0 Å². The zero-order valence-electron chi connectivity index (χ0n) is 15.0. The molecule has 27 heavy (non-hydrogen) atoms. The molecule has 0 saturated heterocycles. The Balaban J connectivity index is 1.87. The third kappa shape index (κ3) is 5.44. The minimum Gasteiger partial charge on any atom is -0.487 e. The van der Waals surface area contributed by atoms with Crippen LogP contribution < -0.4 is 4.74 Å². The minimum atomic E-state index is 0.422. The van der Waals surface area contributed by atoms with Gasteiger partial charge in [-0.3, -0.25) is 4.99 Å².